The second-order valence-corrected chi connectivity index (χ2v) is 4.46. The summed E-state index contributed by atoms with van der Waals surface area (Å²) in [6.07, 6.45) is 0. The Hall–Kier alpha value is -2.02. The van der Waals surface area contributed by atoms with E-state index in [4.69, 9.17) is 5.73 Å². The Balaban J connectivity index is 3.05. The first-order valence-corrected chi connectivity index (χ1v) is 5.23. The van der Waals surface area contributed by atoms with Crippen molar-refractivity contribution in [1.29, 1.82) is 0 Å². The van der Waals surface area contributed by atoms with Crippen molar-refractivity contribution >= 4 is 17.3 Å². The number of hydrogen-bond donors (Lipinski definition) is 2. The van der Waals surface area contributed by atoms with E-state index >= 15 is 0 Å². The number of nitrogens with two attached hydrogens (primary N) is 1. The Labute approximate surface area is 103 Å². The van der Waals surface area contributed by atoms with E-state index in [2.05, 4.69) is 5.32 Å². The molecule has 0 aliphatic rings. The molecule has 0 aliphatic carbocycles. The molecule has 98 valence electrons. The fraction of sp³-hybridized carbons (Fsp3) is 0.364. The molecule has 1 aromatic carbocycles. The second-order valence-electron chi connectivity index (χ2n) is 4.46. The van der Waals surface area contributed by atoms with Crippen LogP contribution >= 0.6 is 0 Å². The molecule has 6 nitrogen and oxygen atoms in total. The summed E-state index contributed by atoms with van der Waals surface area (Å²) in [7, 11) is 0. The van der Waals surface area contributed by atoms with Gasteiger partial charge >= 0.3 is 0 Å². The van der Waals surface area contributed by atoms with Crippen LogP contribution < -0.4 is 11.1 Å². The molecule has 0 saturated heterocycles. The first kappa shape index (κ1) is 14.0. The summed E-state index contributed by atoms with van der Waals surface area (Å²) in [6.45, 7) is 3.31. The third-order valence-corrected chi connectivity index (χ3v) is 2.53. The smallest absolute Gasteiger partial charge is 0.295 e. The second kappa shape index (κ2) is 5.09. The summed E-state index contributed by atoms with van der Waals surface area (Å²) in [4.78, 5) is 21.8. The van der Waals surface area contributed by atoms with Crippen LogP contribution in [0, 0.1) is 21.3 Å². The van der Waals surface area contributed by atoms with Gasteiger partial charge < -0.3 is 11.1 Å². The number of nitrogens with zero attached hydrogens (tertiary/aromatic N) is 1. The highest BCUT2D eigenvalue weighted by atomic mass is 19.1. The zero-order valence-electron chi connectivity index (χ0n) is 10.1. The normalized spacial score (nSPS) is 11.1. The van der Waals surface area contributed by atoms with Crippen LogP contribution in [0.2, 0.25) is 0 Å². The lowest BCUT2D eigenvalue weighted by atomic mass is 9.92. The van der Waals surface area contributed by atoms with Gasteiger partial charge in [0.25, 0.3) is 5.69 Å². The Kier molecular flexibility index (Phi) is 3.97. The number of halogens is 1. The fourth-order valence-electron chi connectivity index (χ4n) is 1.15. The number of benzene rings is 1. The van der Waals surface area contributed by atoms with Gasteiger partial charge in [-0.1, -0.05) is 0 Å². The highest BCUT2D eigenvalue weighted by Crippen LogP contribution is 2.26. The van der Waals surface area contributed by atoms with Gasteiger partial charge in [-0.15, -0.1) is 0 Å². The molecule has 0 heterocycles. The minimum Gasteiger partial charge on any atom is -0.329 e. The SMILES string of the molecule is CC(C)(CN)C(=O)Nc1ccc(F)cc1[N+](=O)[O-]. The van der Waals surface area contributed by atoms with Gasteiger partial charge in [-0.05, 0) is 26.0 Å². The number of carbonyl (C=O) groups is 1. The molecular formula is C11H14FN3O3. The summed E-state index contributed by atoms with van der Waals surface area (Å²) < 4.78 is 12.9. The van der Waals surface area contributed by atoms with E-state index in [1.807, 2.05) is 0 Å². The molecule has 3 N–H and O–H groups in total. The standard InChI is InChI=1S/C11H14FN3O3/c1-11(2,6-13)10(16)14-8-4-3-7(12)5-9(8)15(17)18/h3-5H,6,13H2,1-2H3,(H,14,16). The Morgan fingerprint density at radius 3 is 2.67 bits per heavy atom. The van der Waals surface area contributed by atoms with Crippen LogP contribution in [0.1, 0.15) is 13.8 Å². The predicted molar refractivity (Wildman–Crippen MR) is 64.5 cm³/mol. The molecule has 0 spiro atoms. The largest absolute Gasteiger partial charge is 0.329 e. The van der Waals surface area contributed by atoms with E-state index in [1.165, 1.54) is 0 Å². The van der Waals surface area contributed by atoms with E-state index in [9.17, 15) is 19.3 Å². The van der Waals surface area contributed by atoms with Crippen molar-refractivity contribution in [2.45, 2.75) is 13.8 Å². The molecule has 0 bridgehead atoms. The van der Waals surface area contributed by atoms with Gasteiger partial charge in [0.05, 0.1) is 16.4 Å². The molecule has 0 saturated carbocycles. The number of anilines is 1. The number of amides is 1. The molecular weight excluding hydrogens is 241 g/mol. The highest BCUT2D eigenvalue weighted by Gasteiger charge is 2.28. The molecule has 0 unspecified atom stereocenters. The average molecular weight is 255 g/mol. The topological polar surface area (TPSA) is 98.3 Å². The maximum Gasteiger partial charge on any atom is 0.295 e. The van der Waals surface area contributed by atoms with E-state index < -0.39 is 27.8 Å². The Morgan fingerprint density at radius 1 is 1.56 bits per heavy atom. The molecule has 0 atom stereocenters. The fourth-order valence-corrected chi connectivity index (χ4v) is 1.15. The van der Waals surface area contributed by atoms with Crippen molar-refractivity contribution in [2.75, 3.05) is 11.9 Å². The summed E-state index contributed by atoms with van der Waals surface area (Å²) in [5.41, 5.74) is 4.03. The van der Waals surface area contributed by atoms with E-state index in [0.717, 1.165) is 18.2 Å². The summed E-state index contributed by atoms with van der Waals surface area (Å²) >= 11 is 0. The zero-order chi connectivity index (χ0) is 13.9. The van der Waals surface area contributed by atoms with Crippen LogP contribution in [0.15, 0.2) is 18.2 Å². The van der Waals surface area contributed by atoms with Gasteiger partial charge in [-0.3, -0.25) is 14.9 Å². The van der Waals surface area contributed by atoms with Gasteiger partial charge in [-0.25, -0.2) is 4.39 Å². The van der Waals surface area contributed by atoms with E-state index in [-0.39, 0.29) is 12.2 Å². The number of rotatable bonds is 4. The number of nitro groups is 1. The van der Waals surface area contributed by atoms with Crippen LogP contribution in [0.5, 0.6) is 0 Å². The lowest BCUT2D eigenvalue weighted by Gasteiger charge is -2.21. The predicted octanol–water partition coefficient (Wildman–Crippen LogP) is 1.66. The van der Waals surface area contributed by atoms with Crippen LogP contribution in [0.25, 0.3) is 0 Å². The maximum atomic E-state index is 12.9. The van der Waals surface area contributed by atoms with Crippen LogP contribution in [0.3, 0.4) is 0 Å². The van der Waals surface area contributed by atoms with Crippen molar-refractivity contribution in [2.24, 2.45) is 11.1 Å². The number of nitrogens with one attached hydrogen (secondary N) is 1. The summed E-state index contributed by atoms with van der Waals surface area (Å²) in [6, 6.07) is 2.95. The first-order valence-electron chi connectivity index (χ1n) is 5.23. The lowest BCUT2D eigenvalue weighted by Crippen LogP contribution is -2.37. The average Bonchev–Trinajstić information content (AvgIpc) is 2.31. The first-order chi connectivity index (χ1) is 8.27. The molecule has 1 rings (SSSR count). The molecule has 0 radical (unpaired) electrons. The third-order valence-electron chi connectivity index (χ3n) is 2.53. The van der Waals surface area contributed by atoms with Crippen molar-refractivity contribution in [3.63, 3.8) is 0 Å². The molecule has 0 aliphatic heterocycles. The van der Waals surface area contributed by atoms with E-state index in [1.54, 1.807) is 13.8 Å². The van der Waals surface area contributed by atoms with Crippen molar-refractivity contribution in [3.8, 4) is 0 Å². The van der Waals surface area contributed by atoms with Gasteiger partial charge in [-0.2, -0.15) is 0 Å². The maximum absolute atomic E-state index is 12.9. The van der Waals surface area contributed by atoms with Gasteiger partial charge in [0, 0.05) is 6.54 Å². The van der Waals surface area contributed by atoms with Gasteiger partial charge in [0.15, 0.2) is 0 Å². The number of hydrogen-bond acceptors (Lipinski definition) is 4. The lowest BCUT2D eigenvalue weighted by molar-refractivity contribution is -0.384. The highest BCUT2D eigenvalue weighted by molar-refractivity contribution is 5.96. The third kappa shape index (κ3) is 3.01. The Bertz CT molecular complexity index is 488. The minimum atomic E-state index is -0.859. The van der Waals surface area contributed by atoms with Crippen LogP contribution in [-0.4, -0.2) is 17.4 Å². The monoisotopic (exact) mass is 255 g/mol. The molecule has 18 heavy (non-hydrogen) atoms. The molecule has 1 amide bonds. The van der Waals surface area contributed by atoms with Crippen molar-refractivity contribution in [3.05, 3.63) is 34.1 Å². The van der Waals surface area contributed by atoms with Crippen molar-refractivity contribution in [1.82, 2.24) is 0 Å². The van der Waals surface area contributed by atoms with Gasteiger partial charge in [0.1, 0.15) is 11.5 Å². The van der Waals surface area contributed by atoms with Gasteiger partial charge in [0.2, 0.25) is 5.91 Å². The molecule has 0 fully saturated rings. The minimum absolute atomic E-state index is 0.0482. The quantitative estimate of drug-likeness (QED) is 0.631. The molecule has 1 aromatic rings. The Morgan fingerprint density at radius 2 is 2.17 bits per heavy atom. The zero-order valence-corrected chi connectivity index (χ0v) is 10.1. The summed E-state index contributed by atoms with van der Waals surface area (Å²) in [5.74, 6) is -1.20. The van der Waals surface area contributed by atoms with Crippen molar-refractivity contribution < 1.29 is 14.1 Å². The molecule has 0 aromatic heterocycles. The number of carbonyl (C=O) groups excluding carboxylic acids is 1. The van der Waals surface area contributed by atoms with Crippen LogP contribution in [0.4, 0.5) is 15.8 Å². The van der Waals surface area contributed by atoms with Crippen LogP contribution in [-0.2, 0) is 4.79 Å². The molecule has 7 heteroatoms. The summed E-state index contributed by atoms with van der Waals surface area (Å²) in [5, 5.41) is 13.1. The number of nitro benzene ring substituents is 1. The van der Waals surface area contributed by atoms with E-state index in [0.29, 0.717) is 0 Å².